The number of benzene rings is 2. The van der Waals surface area contributed by atoms with Gasteiger partial charge in [-0.25, -0.2) is 0 Å². The van der Waals surface area contributed by atoms with Gasteiger partial charge in [-0.15, -0.1) is 0 Å². The first-order valence-electron chi connectivity index (χ1n) is 7.01. The molecule has 20 heavy (non-hydrogen) atoms. The Morgan fingerprint density at radius 3 is 2.75 bits per heavy atom. The van der Waals surface area contributed by atoms with E-state index in [1.165, 1.54) is 22.3 Å². The van der Waals surface area contributed by atoms with Crippen LogP contribution in [0.5, 0.6) is 0 Å². The quantitative estimate of drug-likeness (QED) is 0.613. The first-order chi connectivity index (χ1) is 9.75. The van der Waals surface area contributed by atoms with Crippen LogP contribution in [0.15, 0.2) is 36.4 Å². The summed E-state index contributed by atoms with van der Waals surface area (Å²) in [4.78, 5) is 0. The number of ether oxygens (including phenoxy) is 1. The highest BCUT2D eigenvalue weighted by Crippen LogP contribution is 2.56. The second-order valence-corrected chi connectivity index (χ2v) is 5.89. The van der Waals surface area contributed by atoms with E-state index in [1.807, 2.05) is 12.1 Å². The Labute approximate surface area is 116 Å². The van der Waals surface area contributed by atoms with Crippen LogP contribution in [-0.2, 0) is 11.2 Å². The van der Waals surface area contributed by atoms with Crippen LogP contribution < -0.4 is 0 Å². The van der Waals surface area contributed by atoms with Crippen LogP contribution in [0.1, 0.15) is 34.5 Å². The molecule has 2 aromatic carbocycles. The standard InChI is InChI=1S/C17H14O3/c18-14-11-6-5-9-7-8-3-1-2-4-10(8)12(9)13(11)16-17(20-16)15(14)19/h1-6,14-19H,7H2/t14-,15+,16-,17+/m1/s1. The minimum atomic E-state index is -0.841. The zero-order chi connectivity index (χ0) is 13.4. The van der Waals surface area contributed by atoms with Crippen LogP contribution in [0, 0.1) is 0 Å². The van der Waals surface area contributed by atoms with E-state index in [-0.39, 0.29) is 12.2 Å². The van der Waals surface area contributed by atoms with Crippen molar-refractivity contribution in [3.05, 3.63) is 58.7 Å². The van der Waals surface area contributed by atoms with Gasteiger partial charge in [0.15, 0.2) is 0 Å². The first kappa shape index (κ1) is 11.0. The van der Waals surface area contributed by atoms with Crippen molar-refractivity contribution in [1.29, 1.82) is 0 Å². The highest BCUT2D eigenvalue weighted by atomic mass is 16.6. The molecule has 3 heteroatoms. The summed E-state index contributed by atoms with van der Waals surface area (Å²) in [6, 6.07) is 12.4. The third-order valence-corrected chi connectivity index (χ3v) is 4.82. The molecule has 2 N–H and O–H groups in total. The van der Waals surface area contributed by atoms with Gasteiger partial charge in [-0.3, -0.25) is 0 Å². The number of fused-ring (bicyclic) bond motifs is 7. The molecule has 0 aromatic heterocycles. The third-order valence-electron chi connectivity index (χ3n) is 4.82. The molecule has 1 heterocycles. The Balaban J connectivity index is 1.81. The van der Waals surface area contributed by atoms with Crippen LogP contribution in [0.3, 0.4) is 0 Å². The normalized spacial score (nSPS) is 32.1. The van der Waals surface area contributed by atoms with Crippen LogP contribution in [0.4, 0.5) is 0 Å². The van der Waals surface area contributed by atoms with Crippen LogP contribution in [0.25, 0.3) is 11.1 Å². The van der Waals surface area contributed by atoms with E-state index in [9.17, 15) is 10.2 Å². The maximum absolute atomic E-state index is 10.3. The van der Waals surface area contributed by atoms with E-state index < -0.39 is 12.2 Å². The van der Waals surface area contributed by atoms with Crippen LogP contribution >= 0.6 is 0 Å². The molecule has 1 fully saturated rings. The summed E-state index contributed by atoms with van der Waals surface area (Å²) in [6.07, 6.45) is -0.996. The van der Waals surface area contributed by atoms with Crippen molar-refractivity contribution in [3.8, 4) is 11.1 Å². The summed E-state index contributed by atoms with van der Waals surface area (Å²) < 4.78 is 5.62. The summed E-state index contributed by atoms with van der Waals surface area (Å²) in [5, 5.41) is 20.3. The molecule has 5 rings (SSSR count). The molecule has 0 amide bonds. The van der Waals surface area contributed by atoms with Crippen LogP contribution in [0.2, 0.25) is 0 Å². The third kappa shape index (κ3) is 1.21. The van der Waals surface area contributed by atoms with Gasteiger partial charge >= 0.3 is 0 Å². The topological polar surface area (TPSA) is 53.0 Å². The Bertz CT molecular complexity index is 737. The van der Waals surface area contributed by atoms with Gasteiger partial charge < -0.3 is 14.9 Å². The first-order valence-corrected chi connectivity index (χ1v) is 7.01. The number of rotatable bonds is 0. The van der Waals surface area contributed by atoms with Crippen molar-refractivity contribution in [2.24, 2.45) is 0 Å². The van der Waals surface area contributed by atoms with Crippen LogP contribution in [-0.4, -0.2) is 22.4 Å². The van der Waals surface area contributed by atoms with Gasteiger partial charge in [-0.2, -0.15) is 0 Å². The lowest BCUT2D eigenvalue weighted by atomic mass is 9.82. The van der Waals surface area contributed by atoms with Crippen molar-refractivity contribution in [2.45, 2.75) is 30.8 Å². The van der Waals surface area contributed by atoms with Gasteiger partial charge in [0.25, 0.3) is 0 Å². The maximum Gasteiger partial charge on any atom is 0.118 e. The molecular formula is C17H14O3. The average Bonchev–Trinajstić information content (AvgIpc) is 3.18. The molecule has 0 radical (unpaired) electrons. The number of epoxide rings is 1. The summed E-state index contributed by atoms with van der Waals surface area (Å²) in [6.45, 7) is 0. The molecule has 3 nitrogen and oxygen atoms in total. The summed E-state index contributed by atoms with van der Waals surface area (Å²) in [5.74, 6) is 0. The number of aliphatic hydroxyl groups is 2. The Hall–Kier alpha value is -1.68. The fourth-order valence-corrected chi connectivity index (χ4v) is 3.81. The van der Waals surface area contributed by atoms with Gasteiger partial charge in [0.05, 0.1) is 0 Å². The van der Waals surface area contributed by atoms with Gasteiger partial charge in [-0.05, 0) is 39.8 Å². The summed E-state index contributed by atoms with van der Waals surface area (Å²) in [5.41, 5.74) is 7.01. The fourth-order valence-electron chi connectivity index (χ4n) is 3.81. The van der Waals surface area contributed by atoms with Crippen molar-refractivity contribution >= 4 is 0 Å². The molecule has 1 aliphatic heterocycles. The number of hydrogen-bond acceptors (Lipinski definition) is 3. The molecule has 1 saturated heterocycles. The monoisotopic (exact) mass is 266 g/mol. The SMILES string of the molecule is O[C@@H]1[C@@H]2O[C@@H]2c2c(ccc3c2-c2ccccc2C3)[C@H]1O. The van der Waals surface area contributed by atoms with Gasteiger partial charge in [0, 0.05) is 0 Å². The molecule has 3 aliphatic rings. The second-order valence-electron chi connectivity index (χ2n) is 5.89. The molecular weight excluding hydrogens is 252 g/mol. The van der Waals surface area contributed by atoms with E-state index in [0.717, 1.165) is 17.5 Å². The Kier molecular flexibility index (Phi) is 1.93. The van der Waals surface area contributed by atoms with Gasteiger partial charge in [-0.1, -0.05) is 36.4 Å². The van der Waals surface area contributed by atoms with Crippen molar-refractivity contribution in [3.63, 3.8) is 0 Å². The lowest BCUT2D eigenvalue weighted by Crippen LogP contribution is -2.29. The zero-order valence-electron chi connectivity index (χ0n) is 10.8. The molecule has 100 valence electrons. The zero-order valence-corrected chi connectivity index (χ0v) is 10.8. The van der Waals surface area contributed by atoms with Crippen molar-refractivity contribution in [1.82, 2.24) is 0 Å². The largest absolute Gasteiger partial charge is 0.387 e. The fraction of sp³-hybridized carbons (Fsp3) is 0.294. The molecule has 0 unspecified atom stereocenters. The van der Waals surface area contributed by atoms with Crippen molar-refractivity contribution in [2.75, 3.05) is 0 Å². The van der Waals surface area contributed by atoms with Crippen molar-refractivity contribution < 1.29 is 14.9 Å². The Morgan fingerprint density at radius 1 is 1.00 bits per heavy atom. The smallest absolute Gasteiger partial charge is 0.118 e. The summed E-state index contributed by atoms with van der Waals surface area (Å²) in [7, 11) is 0. The minimum absolute atomic E-state index is 0.0514. The van der Waals surface area contributed by atoms with E-state index in [4.69, 9.17) is 4.74 Å². The Morgan fingerprint density at radius 2 is 1.85 bits per heavy atom. The second kappa shape index (κ2) is 3.50. The van der Waals surface area contributed by atoms with E-state index in [1.54, 1.807) is 0 Å². The molecule has 0 bridgehead atoms. The molecule has 2 aromatic rings. The van der Waals surface area contributed by atoms with E-state index in [2.05, 4.69) is 24.3 Å². The van der Waals surface area contributed by atoms with Gasteiger partial charge in [0.1, 0.15) is 24.4 Å². The molecule has 0 spiro atoms. The number of aliphatic hydroxyl groups excluding tert-OH is 2. The van der Waals surface area contributed by atoms with E-state index in [0.29, 0.717) is 0 Å². The highest BCUT2D eigenvalue weighted by molar-refractivity contribution is 5.81. The lowest BCUT2D eigenvalue weighted by Gasteiger charge is -2.25. The molecule has 0 saturated carbocycles. The highest BCUT2D eigenvalue weighted by Gasteiger charge is 2.55. The predicted molar refractivity (Wildman–Crippen MR) is 73.3 cm³/mol. The minimum Gasteiger partial charge on any atom is -0.387 e. The molecule has 4 atom stereocenters. The predicted octanol–water partition coefficient (Wildman–Crippen LogP) is 2.11. The lowest BCUT2D eigenvalue weighted by molar-refractivity contribution is 0.0000282. The maximum atomic E-state index is 10.3. The molecule has 2 aliphatic carbocycles. The summed E-state index contributed by atoms with van der Waals surface area (Å²) >= 11 is 0. The van der Waals surface area contributed by atoms with Gasteiger partial charge in [0.2, 0.25) is 0 Å². The number of hydrogen-bond donors (Lipinski definition) is 2. The average molecular weight is 266 g/mol. The van der Waals surface area contributed by atoms with E-state index >= 15 is 0 Å².